The number of rotatable bonds is 5. The van der Waals surface area contributed by atoms with E-state index in [4.69, 9.17) is 10.5 Å². The Labute approximate surface area is 120 Å². The minimum absolute atomic E-state index is 0.170. The Balaban J connectivity index is 1.88. The highest BCUT2D eigenvalue weighted by molar-refractivity contribution is 5.93. The van der Waals surface area contributed by atoms with E-state index in [2.05, 4.69) is 24.1 Å². The fraction of sp³-hybridized carbons (Fsp3) is 0.533. The van der Waals surface area contributed by atoms with E-state index in [9.17, 15) is 4.79 Å². The Kier molecular flexibility index (Phi) is 4.98. The molecule has 1 heterocycles. The van der Waals surface area contributed by atoms with Crippen LogP contribution in [0.4, 0.5) is 5.69 Å². The monoisotopic (exact) mass is 277 g/mol. The molecular weight excluding hydrogens is 254 g/mol. The van der Waals surface area contributed by atoms with Crippen LogP contribution >= 0.6 is 0 Å². The normalized spacial score (nSPS) is 20.1. The lowest BCUT2D eigenvalue weighted by Crippen LogP contribution is -2.48. The molecule has 1 unspecified atom stereocenters. The Morgan fingerprint density at radius 3 is 3.05 bits per heavy atom. The van der Waals surface area contributed by atoms with Crippen LogP contribution in [-0.2, 0) is 4.74 Å². The first-order valence-electron chi connectivity index (χ1n) is 7.05. The van der Waals surface area contributed by atoms with Crippen LogP contribution in [0.25, 0.3) is 0 Å². The first-order chi connectivity index (χ1) is 9.56. The summed E-state index contributed by atoms with van der Waals surface area (Å²) >= 11 is 0. The van der Waals surface area contributed by atoms with E-state index >= 15 is 0 Å². The van der Waals surface area contributed by atoms with Gasteiger partial charge in [-0.3, -0.25) is 9.69 Å². The molecule has 5 nitrogen and oxygen atoms in total. The molecule has 3 N–H and O–H groups in total. The second kappa shape index (κ2) is 6.72. The van der Waals surface area contributed by atoms with Gasteiger partial charge in [0.25, 0.3) is 0 Å². The minimum Gasteiger partial charge on any atom is -0.382 e. The first-order valence-corrected chi connectivity index (χ1v) is 7.05. The summed E-state index contributed by atoms with van der Waals surface area (Å²) in [6.07, 6.45) is 0.170. The van der Waals surface area contributed by atoms with E-state index in [1.54, 1.807) is 12.1 Å². The van der Waals surface area contributed by atoms with Gasteiger partial charge in [-0.25, -0.2) is 0 Å². The summed E-state index contributed by atoms with van der Waals surface area (Å²) in [5.74, 6) is -0.409. The number of amides is 1. The zero-order valence-electron chi connectivity index (χ0n) is 12.1. The summed E-state index contributed by atoms with van der Waals surface area (Å²) in [6.45, 7) is 7.82. The van der Waals surface area contributed by atoms with Crippen LogP contribution in [0, 0.1) is 0 Å². The lowest BCUT2D eigenvalue weighted by molar-refractivity contribution is -0.0315. The molecule has 20 heavy (non-hydrogen) atoms. The largest absolute Gasteiger partial charge is 0.382 e. The van der Waals surface area contributed by atoms with E-state index in [1.165, 1.54) is 0 Å². The standard InChI is InChI=1S/C15H23N3O2/c1-11(2)18-6-7-20-14(10-18)9-17-13-5-3-4-12(8-13)15(16)19/h3-5,8,11,14,17H,6-7,9-10H2,1-2H3,(H2,16,19). The molecule has 0 spiro atoms. The molecule has 5 heteroatoms. The third kappa shape index (κ3) is 3.95. The molecule has 110 valence electrons. The van der Waals surface area contributed by atoms with Gasteiger partial charge in [0, 0.05) is 36.9 Å². The molecule has 1 fully saturated rings. The van der Waals surface area contributed by atoms with Gasteiger partial charge in [-0.05, 0) is 32.0 Å². The maximum absolute atomic E-state index is 11.1. The average molecular weight is 277 g/mol. The van der Waals surface area contributed by atoms with Gasteiger partial charge in [-0.2, -0.15) is 0 Å². The number of nitrogens with one attached hydrogen (secondary N) is 1. The topological polar surface area (TPSA) is 67.6 Å². The van der Waals surface area contributed by atoms with Gasteiger partial charge in [0.1, 0.15) is 0 Å². The number of nitrogens with zero attached hydrogens (tertiary/aromatic N) is 1. The maximum Gasteiger partial charge on any atom is 0.248 e. The number of nitrogens with two attached hydrogens (primary N) is 1. The summed E-state index contributed by atoms with van der Waals surface area (Å²) in [4.78, 5) is 13.6. The molecular formula is C15H23N3O2. The highest BCUT2D eigenvalue weighted by Crippen LogP contribution is 2.13. The van der Waals surface area contributed by atoms with Crippen molar-refractivity contribution in [1.82, 2.24) is 4.90 Å². The molecule has 1 amide bonds. The molecule has 0 aromatic heterocycles. The Morgan fingerprint density at radius 1 is 1.55 bits per heavy atom. The van der Waals surface area contributed by atoms with Crippen LogP contribution in [0.2, 0.25) is 0 Å². The van der Waals surface area contributed by atoms with Gasteiger partial charge in [-0.1, -0.05) is 6.07 Å². The van der Waals surface area contributed by atoms with Crippen LogP contribution < -0.4 is 11.1 Å². The Bertz CT molecular complexity index is 462. The second-order valence-corrected chi connectivity index (χ2v) is 5.41. The van der Waals surface area contributed by atoms with Gasteiger partial charge < -0.3 is 15.8 Å². The van der Waals surface area contributed by atoms with Gasteiger partial charge in [0.15, 0.2) is 0 Å². The van der Waals surface area contributed by atoms with Crippen LogP contribution in [0.15, 0.2) is 24.3 Å². The number of morpholine rings is 1. The molecule has 1 atom stereocenters. The van der Waals surface area contributed by atoms with Gasteiger partial charge in [0.05, 0.1) is 12.7 Å². The number of ether oxygens (including phenoxy) is 1. The Hall–Kier alpha value is -1.59. The minimum atomic E-state index is -0.409. The first kappa shape index (κ1) is 14.8. The molecule has 1 aliphatic rings. The van der Waals surface area contributed by atoms with Crippen molar-refractivity contribution in [2.45, 2.75) is 26.0 Å². The van der Waals surface area contributed by atoms with Crippen molar-refractivity contribution in [1.29, 1.82) is 0 Å². The third-order valence-corrected chi connectivity index (χ3v) is 3.58. The number of primary amides is 1. The lowest BCUT2D eigenvalue weighted by Gasteiger charge is -2.35. The second-order valence-electron chi connectivity index (χ2n) is 5.41. The average Bonchev–Trinajstić information content (AvgIpc) is 2.45. The van der Waals surface area contributed by atoms with Crippen LogP contribution in [0.3, 0.4) is 0 Å². The smallest absolute Gasteiger partial charge is 0.248 e. The quantitative estimate of drug-likeness (QED) is 0.851. The van der Waals surface area contributed by atoms with Crippen LogP contribution in [0.5, 0.6) is 0 Å². The molecule has 0 radical (unpaired) electrons. The summed E-state index contributed by atoms with van der Waals surface area (Å²) in [5, 5.41) is 3.31. The van der Waals surface area contributed by atoms with E-state index in [-0.39, 0.29) is 6.10 Å². The zero-order chi connectivity index (χ0) is 14.5. The van der Waals surface area contributed by atoms with Crippen molar-refractivity contribution in [3.05, 3.63) is 29.8 Å². The maximum atomic E-state index is 11.1. The van der Waals surface area contributed by atoms with E-state index in [0.717, 1.165) is 31.9 Å². The van der Waals surface area contributed by atoms with E-state index in [0.29, 0.717) is 11.6 Å². The highest BCUT2D eigenvalue weighted by Gasteiger charge is 2.21. The molecule has 1 aliphatic heterocycles. The lowest BCUT2D eigenvalue weighted by atomic mass is 10.2. The Morgan fingerprint density at radius 2 is 2.35 bits per heavy atom. The van der Waals surface area contributed by atoms with Crippen molar-refractivity contribution in [3.63, 3.8) is 0 Å². The van der Waals surface area contributed by atoms with Crippen molar-refractivity contribution in [2.24, 2.45) is 5.73 Å². The molecule has 0 aliphatic carbocycles. The molecule has 1 aromatic rings. The highest BCUT2D eigenvalue weighted by atomic mass is 16.5. The molecule has 0 bridgehead atoms. The number of carbonyl (C=O) groups is 1. The van der Waals surface area contributed by atoms with Crippen molar-refractivity contribution >= 4 is 11.6 Å². The third-order valence-electron chi connectivity index (χ3n) is 3.58. The van der Waals surface area contributed by atoms with Crippen LogP contribution in [0.1, 0.15) is 24.2 Å². The number of benzene rings is 1. The zero-order valence-corrected chi connectivity index (χ0v) is 12.1. The molecule has 1 aromatic carbocycles. The number of hydrogen-bond acceptors (Lipinski definition) is 4. The number of anilines is 1. The number of carbonyl (C=O) groups excluding carboxylic acids is 1. The van der Waals surface area contributed by atoms with E-state index < -0.39 is 5.91 Å². The molecule has 2 rings (SSSR count). The van der Waals surface area contributed by atoms with Crippen molar-refractivity contribution in [3.8, 4) is 0 Å². The number of hydrogen-bond donors (Lipinski definition) is 2. The summed E-state index contributed by atoms with van der Waals surface area (Å²) in [6, 6.07) is 7.77. The van der Waals surface area contributed by atoms with Crippen molar-refractivity contribution in [2.75, 3.05) is 31.6 Å². The summed E-state index contributed by atoms with van der Waals surface area (Å²) < 4.78 is 5.76. The van der Waals surface area contributed by atoms with Crippen molar-refractivity contribution < 1.29 is 9.53 Å². The van der Waals surface area contributed by atoms with Gasteiger partial charge >= 0.3 is 0 Å². The summed E-state index contributed by atoms with van der Waals surface area (Å²) in [7, 11) is 0. The summed E-state index contributed by atoms with van der Waals surface area (Å²) in [5.41, 5.74) is 6.69. The van der Waals surface area contributed by atoms with Crippen LogP contribution in [-0.4, -0.2) is 49.2 Å². The van der Waals surface area contributed by atoms with E-state index in [1.807, 2.05) is 12.1 Å². The predicted octanol–water partition coefficient (Wildman–Crippen LogP) is 1.31. The predicted molar refractivity (Wildman–Crippen MR) is 79.9 cm³/mol. The van der Waals surface area contributed by atoms with Gasteiger partial charge in [-0.15, -0.1) is 0 Å². The van der Waals surface area contributed by atoms with Gasteiger partial charge in [0.2, 0.25) is 5.91 Å². The fourth-order valence-electron chi connectivity index (χ4n) is 2.35. The fourth-order valence-corrected chi connectivity index (χ4v) is 2.35. The molecule has 1 saturated heterocycles. The molecule has 0 saturated carbocycles. The SMILES string of the molecule is CC(C)N1CCOC(CNc2cccc(C(N)=O)c2)C1.